The SMILES string of the molecule is CC(C)(C)OC(=O)NC[C@@H]1CCN(c2cnccn2)C1. The molecule has 0 bridgehead atoms. The average molecular weight is 278 g/mol. The van der Waals surface area contributed by atoms with Crippen molar-refractivity contribution in [2.75, 3.05) is 24.5 Å². The van der Waals surface area contributed by atoms with Gasteiger partial charge in [0.1, 0.15) is 11.4 Å². The monoisotopic (exact) mass is 278 g/mol. The Hall–Kier alpha value is -1.85. The fourth-order valence-corrected chi connectivity index (χ4v) is 2.20. The van der Waals surface area contributed by atoms with E-state index in [1.165, 1.54) is 0 Å². The van der Waals surface area contributed by atoms with Gasteiger partial charge in [-0.15, -0.1) is 0 Å². The van der Waals surface area contributed by atoms with Crippen molar-refractivity contribution in [1.82, 2.24) is 15.3 Å². The van der Waals surface area contributed by atoms with E-state index in [-0.39, 0.29) is 6.09 Å². The van der Waals surface area contributed by atoms with E-state index in [0.717, 1.165) is 25.3 Å². The average Bonchev–Trinajstić information content (AvgIpc) is 2.84. The van der Waals surface area contributed by atoms with Gasteiger partial charge in [0, 0.05) is 32.0 Å². The van der Waals surface area contributed by atoms with Crippen LogP contribution in [-0.4, -0.2) is 41.3 Å². The highest BCUT2D eigenvalue weighted by molar-refractivity contribution is 5.67. The topological polar surface area (TPSA) is 67.3 Å². The van der Waals surface area contributed by atoms with Crippen molar-refractivity contribution in [3.8, 4) is 0 Å². The second-order valence-electron chi connectivity index (χ2n) is 6.05. The van der Waals surface area contributed by atoms with Crippen LogP contribution in [0, 0.1) is 5.92 Å². The minimum atomic E-state index is -0.453. The van der Waals surface area contributed by atoms with E-state index in [2.05, 4.69) is 20.2 Å². The number of alkyl carbamates (subject to hydrolysis) is 1. The van der Waals surface area contributed by atoms with E-state index >= 15 is 0 Å². The molecule has 1 aliphatic rings. The number of anilines is 1. The van der Waals surface area contributed by atoms with Crippen molar-refractivity contribution >= 4 is 11.9 Å². The molecule has 1 aromatic rings. The van der Waals surface area contributed by atoms with E-state index in [1.807, 2.05) is 20.8 Å². The summed E-state index contributed by atoms with van der Waals surface area (Å²) in [5.41, 5.74) is -0.453. The van der Waals surface area contributed by atoms with Gasteiger partial charge in [-0.05, 0) is 33.1 Å². The molecule has 0 aromatic carbocycles. The molecule has 0 radical (unpaired) electrons. The molecule has 1 amide bonds. The molecular formula is C14H22N4O2. The zero-order valence-corrected chi connectivity index (χ0v) is 12.3. The lowest BCUT2D eigenvalue weighted by Crippen LogP contribution is -2.36. The summed E-state index contributed by atoms with van der Waals surface area (Å²) in [5, 5.41) is 2.83. The third kappa shape index (κ3) is 4.36. The first-order valence-electron chi connectivity index (χ1n) is 6.92. The Bertz CT molecular complexity index is 444. The molecule has 0 spiro atoms. The number of rotatable bonds is 3. The molecule has 0 unspecified atom stereocenters. The van der Waals surface area contributed by atoms with Gasteiger partial charge < -0.3 is 15.0 Å². The molecule has 110 valence electrons. The van der Waals surface area contributed by atoms with Crippen LogP contribution < -0.4 is 10.2 Å². The van der Waals surface area contributed by atoms with Gasteiger partial charge in [-0.2, -0.15) is 0 Å². The van der Waals surface area contributed by atoms with Crippen LogP contribution >= 0.6 is 0 Å². The second-order valence-corrected chi connectivity index (χ2v) is 6.05. The highest BCUT2D eigenvalue weighted by Gasteiger charge is 2.24. The molecule has 1 aromatic heterocycles. The quantitative estimate of drug-likeness (QED) is 0.913. The molecule has 2 heterocycles. The highest BCUT2D eigenvalue weighted by Crippen LogP contribution is 2.20. The summed E-state index contributed by atoms with van der Waals surface area (Å²) in [4.78, 5) is 22.2. The molecule has 1 N–H and O–H groups in total. The van der Waals surface area contributed by atoms with Gasteiger partial charge >= 0.3 is 6.09 Å². The molecule has 1 aliphatic heterocycles. The summed E-state index contributed by atoms with van der Waals surface area (Å²) in [6, 6.07) is 0. The minimum absolute atomic E-state index is 0.351. The molecule has 0 aliphatic carbocycles. The normalized spacial score (nSPS) is 18.9. The number of ether oxygens (including phenoxy) is 1. The fraction of sp³-hybridized carbons (Fsp3) is 0.643. The predicted molar refractivity (Wildman–Crippen MR) is 76.6 cm³/mol. The first-order chi connectivity index (χ1) is 9.44. The van der Waals surface area contributed by atoms with Gasteiger partial charge in [0.2, 0.25) is 0 Å². The van der Waals surface area contributed by atoms with Crippen LogP contribution in [-0.2, 0) is 4.74 Å². The lowest BCUT2D eigenvalue weighted by molar-refractivity contribution is 0.0520. The number of nitrogens with zero attached hydrogens (tertiary/aromatic N) is 3. The number of carbonyl (C=O) groups is 1. The summed E-state index contributed by atoms with van der Waals surface area (Å²) in [6.07, 6.45) is 5.81. The smallest absolute Gasteiger partial charge is 0.407 e. The Morgan fingerprint density at radius 1 is 1.50 bits per heavy atom. The molecular weight excluding hydrogens is 256 g/mol. The van der Waals surface area contributed by atoms with E-state index < -0.39 is 5.60 Å². The third-order valence-electron chi connectivity index (χ3n) is 3.09. The van der Waals surface area contributed by atoms with Crippen LogP contribution in [0.25, 0.3) is 0 Å². The number of amides is 1. The molecule has 6 heteroatoms. The molecule has 0 saturated carbocycles. The summed E-state index contributed by atoms with van der Waals surface area (Å²) >= 11 is 0. The number of carbonyl (C=O) groups excluding carboxylic acids is 1. The van der Waals surface area contributed by atoms with E-state index in [9.17, 15) is 4.79 Å². The van der Waals surface area contributed by atoms with Crippen LogP contribution in [0.15, 0.2) is 18.6 Å². The minimum Gasteiger partial charge on any atom is -0.444 e. The molecule has 20 heavy (non-hydrogen) atoms. The Morgan fingerprint density at radius 2 is 2.30 bits per heavy atom. The second kappa shape index (κ2) is 6.07. The maximum absolute atomic E-state index is 11.6. The van der Waals surface area contributed by atoms with Gasteiger partial charge in [-0.25, -0.2) is 9.78 Å². The van der Waals surface area contributed by atoms with Crippen molar-refractivity contribution < 1.29 is 9.53 Å². The Labute approximate surface area is 119 Å². The van der Waals surface area contributed by atoms with Gasteiger partial charge in [-0.3, -0.25) is 4.98 Å². The molecule has 2 rings (SSSR count). The third-order valence-corrected chi connectivity index (χ3v) is 3.09. The lowest BCUT2D eigenvalue weighted by Gasteiger charge is -2.21. The lowest BCUT2D eigenvalue weighted by atomic mass is 10.1. The van der Waals surface area contributed by atoms with E-state index in [0.29, 0.717) is 12.5 Å². The van der Waals surface area contributed by atoms with E-state index in [1.54, 1.807) is 18.6 Å². The molecule has 1 saturated heterocycles. The number of aromatic nitrogens is 2. The van der Waals surface area contributed by atoms with Crippen molar-refractivity contribution in [2.24, 2.45) is 5.92 Å². The summed E-state index contributed by atoms with van der Waals surface area (Å²) < 4.78 is 5.22. The summed E-state index contributed by atoms with van der Waals surface area (Å²) in [7, 11) is 0. The molecule has 1 atom stereocenters. The first kappa shape index (κ1) is 14.6. The Kier molecular flexibility index (Phi) is 4.42. The van der Waals surface area contributed by atoms with Crippen LogP contribution in [0.3, 0.4) is 0 Å². The number of hydrogen-bond acceptors (Lipinski definition) is 5. The van der Waals surface area contributed by atoms with Crippen LogP contribution in [0.1, 0.15) is 27.2 Å². The fourth-order valence-electron chi connectivity index (χ4n) is 2.20. The van der Waals surface area contributed by atoms with Crippen molar-refractivity contribution in [1.29, 1.82) is 0 Å². The van der Waals surface area contributed by atoms with Crippen molar-refractivity contribution in [3.05, 3.63) is 18.6 Å². The largest absolute Gasteiger partial charge is 0.444 e. The zero-order valence-electron chi connectivity index (χ0n) is 12.3. The van der Waals surface area contributed by atoms with Crippen LogP contribution in [0.4, 0.5) is 10.6 Å². The van der Waals surface area contributed by atoms with Crippen molar-refractivity contribution in [3.63, 3.8) is 0 Å². The van der Waals surface area contributed by atoms with Gasteiger partial charge in [0.25, 0.3) is 0 Å². The van der Waals surface area contributed by atoms with E-state index in [4.69, 9.17) is 4.74 Å². The van der Waals surface area contributed by atoms with Gasteiger partial charge in [-0.1, -0.05) is 0 Å². The zero-order chi connectivity index (χ0) is 14.6. The van der Waals surface area contributed by atoms with Gasteiger partial charge in [0.05, 0.1) is 6.20 Å². The summed E-state index contributed by atoms with van der Waals surface area (Å²) in [5.74, 6) is 1.32. The standard InChI is InChI=1S/C14H22N4O2/c1-14(2,3)20-13(19)17-8-11-4-7-18(10-11)12-9-15-5-6-16-12/h5-6,9,11H,4,7-8,10H2,1-3H3,(H,17,19)/t11-/m0/s1. The first-order valence-corrected chi connectivity index (χ1v) is 6.92. The highest BCUT2D eigenvalue weighted by atomic mass is 16.6. The van der Waals surface area contributed by atoms with Crippen molar-refractivity contribution in [2.45, 2.75) is 32.8 Å². The summed E-state index contributed by atoms with van der Waals surface area (Å²) in [6.45, 7) is 8.04. The maximum atomic E-state index is 11.6. The number of hydrogen-bond donors (Lipinski definition) is 1. The van der Waals surface area contributed by atoms with Crippen LogP contribution in [0.2, 0.25) is 0 Å². The molecule has 6 nitrogen and oxygen atoms in total. The van der Waals surface area contributed by atoms with Gasteiger partial charge in [0.15, 0.2) is 0 Å². The molecule has 1 fully saturated rings. The maximum Gasteiger partial charge on any atom is 0.407 e. The Balaban J connectivity index is 1.75. The predicted octanol–water partition coefficient (Wildman–Crippen LogP) is 1.83. The van der Waals surface area contributed by atoms with Crippen LogP contribution in [0.5, 0.6) is 0 Å². The number of nitrogens with one attached hydrogen (secondary N) is 1. The Morgan fingerprint density at radius 3 is 2.95 bits per heavy atom.